The average molecular weight is 546 g/mol. The molecule has 0 aliphatic carbocycles. The maximum atomic E-state index is 5.14. The van der Waals surface area contributed by atoms with E-state index < -0.39 is 47.7 Å². The third kappa shape index (κ3) is 4.69. The molecule has 2 nitrogen and oxygen atoms in total. The number of nitrogens with zero attached hydrogens (tertiary/aromatic N) is 2. The van der Waals surface area contributed by atoms with Crippen molar-refractivity contribution in [3.8, 4) is 0 Å². The predicted molar refractivity (Wildman–Crippen MR) is 151 cm³/mol. The molecule has 0 spiro atoms. The number of pyridine rings is 2. The first kappa shape index (κ1) is 27.0. The molecule has 2 aromatic rings. The molecule has 0 saturated heterocycles. The van der Waals surface area contributed by atoms with Gasteiger partial charge < -0.3 is 0 Å². The van der Waals surface area contributed by atoms with Crippen molar-refractivity contribution in [3.05, 3.63) is 60.2 Å². The third-order valence-corrected chi connectivity index (χ3v) is 50.1. The monoisotopic (exact) mass is 546 g/mol. The summed E-state index contributed by atoms with van der Waals surface area (Å²) >= 11 is -0.478. The quantitative estimate of drug-likeness (QED) is 0.342. The van der Waals surface area contributed by atoms with Crippen LogP contribution in [-0.2, 0) is 6.99 Å². The van der Waals surface area contributed by atoms with E-state index in [1.165, 1.54) is 11.4 Å². The molecule has 7 heteroatoms. The summed E-state index contributed by atoms with van der Waals surface area (Å²) in [6.07, 6.45) is 4.09. The summed E-state index contributed by atoms with van der Waals surface area (Å²) in [5.74, 6) is 0. The first-order valence-electron chi connectivity index (χ1n) is 11.5. The Morgan fingerprint density at radius 3 is 1.00 bits per heavy atom. The van der Waals surface area contributed by atoms with Crippen molar-refractivity contribution in [2.45, 2.75) is 85.6 Å². The second kappa shape index (κ2) is 8.81. The molecule has 0 aliphatic heterocycles. The molecular weight excluding hydrogens is 501 g/mol. The second-order valence-electron chi connectivity index (χ2n) is 13.1. The molecule has 0 unspecified atom stereocenters. The Morgan fingerprint density at radius 2 is 0.806 bits per heavy atom. The van der Waals surface area contributed by atoms with Crippen LogP contribution in [0.15, 0.2) is 48.8 Å². The summed E-state index contributed by atoms with van der Waals surface area (Å²) in [5, 5.41) is 0. The van der Waals surface area contributed by atoms with Crippen molar-refractivity contribution in [1.82, 2.24) is 9.97 Å². The van der Waals surface area contributed by atoms with E-state index in [1.54, 1.807) is 0 Å². The summed E-state index contributed by atoms with van der Waals surface area (Å²) in [6, 6.07) is 13.4. The fourth-order valence-electron chi connectivity index (χ4n) is 6.12. The van der Waals surface area contributed by atoms with Crippen molar-refractivity contribution >= 4 is 47.7 Å². The van der Waals surface area contributed by atoms with E-state index in [-0.39, 0.29) is 0 Å². The molecule has 0 aromatic carbocycles. The van der Waals surface area contributed by atoms with Crippen molar-refractivity contribution in [3.63, 3.8) is 0 Å². The van der Waals surface area contributed by atoms with Crippen molar-refractivity contribution in [2.24, 2.45) is 0 Å². The summed E-state index contributed by atoms with van der Waals surface area (Å²) in [6.45, 7) is 31.5. The average Bonchev–Trinajstić information content (AvgIpc) is 2.59. The van der Waals surface area contributed by atoms with Gasteiger partial charge in [0.1, 0.15) is 0 Å². The van der Waals surface area contributed by atoms with Gasteiger partial charge in [0.2, 0.25) is 0 Å². The molecule has 0 aliphatic rings. The van der Waals surface area contributed by atoms with Crippen LogP contribution in [0.1, 0.15) is 11.4 Å². The van der Waals surface area contributed by atoms with E-state index in [1.807, 2.05) is 12.4 Å². The zero-order valence-corrected chi connectivity index (χ0v) is 28.1. The number of rotatable bonds is 8. The van der Waals surface area contributed by atoms with Crippen LogP contribution in [0.4, 0.5) is 0 Å². The van der Waals surface area contributed by atoms with E-state index >= 15 is 0 Å². The van der Waals surface area contributed by atoms with Gasteiger partial charge in [-0.25, -0.2) is 0 Å². The van der Waals surface area contributed by atoms with E-state index in [9.17, 15) is 0 Å². The molecular formula is C24H44GeN2Si4. The van der Waals surface area contributed by atoms with Crippen LogP contribution in [0.3, 0.4) is 0 Å². The molecule has 0 amide bonds. The van der Waals surface area contributed by atoms with E-state index in [0.29, 0.717) is 6.99 Å². The van der Waals surface area contributed by atoms with Crippen LogP contribution < -0.4 is 0 Å². The van der Waals surface area contributed by atoms with Gasteiger partial charge >= 0.3 is 203 Å². The fraction of sp³-hybridized carbons (Fsp3) is 0.583. The molecule has 0 N–H and O–H groups in total. The molecule has 0 atom stereocenters. The van der Waals surface area contributed by atoms with Crippen LogP contribution in [0.5, 0.6) is 0 Å². The Kier molecular flexibility index (Phi) is 7.67. The zero-order chi connectivity index (χ0) is 23.9. The van der Waals surface area contributed by atoms with Gasteiger partial charge in [-0.1, -0.05) is 0 Å². The Labute approximate surface area is 202 Å². The van der Waals surface area contributed by atoms with Gasteiger partial charge in [-0.3, -0.25) is 0 Å². The van der Waals surface area contributed by atoms with Gasteiger partial charge in [-0.15, -0.1) is 0 Å². The molecule has 0 fully saturated rings. The second-order valence-corrected chi connectivity index (χ2v) is 42.9. The normalized spacial score (nSPS) is 14.6. The topological polar surface area (TPSA) is 25.8 Å². The fourth-order valence-corrected chi connectivity index (χ4v) is 47.6. The Morgan fingerprint density at radius 1 is 0.516 bits per heavy atom. The molecule has 2 heterocycles. The molecule has 0 bridgehead atoms. The van der Waals surface area contributed by atoms with Crippen molar-refractivity contribution < 1.29 is 0 Å². The minimum atomic E-state index is -1.64. The van der Waals surface area contributed by atoms with Crippen LogP contribution in [0.25, 0.3) is 0 Å². The zero-order valence-electron chi connectivity index (χ0n) is 22.0. The van der Waals surface area contributed by atoms with Crippen LogP contribution in [0, 0.1) is 0 Å². The summed E-state index contributed by atoms with van der Waals surface area (Å²) in [5.41, 5.74) is 2.82. The van der Waals surface area contributed by atoms with Gasteiger partial charge in [0.05, 0.1) is 0 Å². The number of hydrogen-bond acceptors (Lipinski definition) is 2. The predicted octanol–water partition coefficient (Wildman–Crippen LogP) is 6.78. The first-order valence-corrected chi connectivity index (χ1v) is 27.6. The summed E-state index contributed by atoms with van der Waals surface area (Å²) in [4.78, 5) is 10.3. The number of aromatic nitrogens is 2. The van der Waals surface area contributed by atoms with Gasteiger partial charge in [-0.05, 0) is 0 Å². The maximum absolute atomic E-state index is 5.14. The Balaban J connectivity index is 3.04. The SMILES string of the molecule is C[Si](C)(C)[C]([Ge][C](c1ccccn1)([Si](C)(C)C)[Si](C)(C)C)(c1ccccn1)[Si](C)(C)C. The van der Waals surface area contributed by atoms with E-state index in [0.717, 1.165) is 0 Å². The van der Waals surface area contributed by atoms with Gasteiger partial charge in [0.25, 0.3) is 0 Å². The van der Waals surface area contributed by atoms with Crippen molar-refractivity contribution in [2.75, 3.05) is 0 Å². The van der Waals surface area contributed by atoms with Crippen LogP contribution >= 0.6 is 0 Å². The molecule has 2 radical (unpaired) electrons. The third-order valence-electron chi connectivity index (χ3n) is 6.97. The van der Waals surface area contributed by atoms with Crippen LogP contribution in [-0.4, -0.2) is 57.7 Å². The summed E-state index contributed by atoms with van der Waals surface area (Å²) < 4.78 is 0.582. The summed E-state index contributed by atoms with van der Waals surface area (Å²) in [7, 11) is -6.57. The molecule has 0 saturated carbocycles. The van der Waals surface area contributed by atoms with Crippen molar-refractivity contribution in [1.29, 1.82) is 0 Å². The van der Waals surface area contributed by atoms with Gasteiger partial charge in [0.15, 0.2) is 0 Å². The Bertz CT molecular complexity index is 759. The van der Waals surface area contributed by atoms with Gasteiger partial charge in [-0.2, -0.15) is 0 Å². The minimum absolute atomic E-state index is 0.291. The molecule has 31 heavy (non-hydrogen) atoms. The van der Waals surface area contributed by atoms with Crippen LogP contribution in [0.2, 0.25) is 78.6 Å². The standard InChI is InChI=1S/C24H44GeN2Si4/c1-28(2,3)23(29(4,5)6,21-17-13-15-19-26-21)25-24(30(7,8)9,31(10,11)12)22-18-14-16-20-27-22/h13-20H,1-12H3. The number of hydrogen-bond donors (Lipinski definition) is 0. The van der Waals surface area contributed by atoms with Gasteiger partial charge in [0, 0.05) is 0 Å². The first-order chi connectivity index (χ1) is 13.9. The molecule has 170 valence electrons. The Hall–Kier alpha value is -0.290. The molecule has 2 rings (SSSR count). The van der Waals surface area contributed by atoms with E-state index in [4.69, 9.17) is 9.97 Å². The molecule has 2 aromatic heterocycles. The van der Waals surface area contributed by atoms with E-state index in [2.05, 4.69) is 115 Å².